The molecule has 5 N–H and O–H groups in total. The molecule has 0 radical (unpaired) electrons. The van der Waals surface area contributed by atoms with Gasteiger partial charge in [0.15, 0.2) is 11.9 Å². The van der Waals surface area contributed by atoms with Gasteiger partial charge < -0.3 is 44.5 Å². The summed E-state index contributed by atoms with van der Waals surface area (Å²) in [6.07, 6.45) is -2.59. The number of hydrogen-bond donors (Lipinski definition) is 5. The number of aliphatic hydroxyl groups excluding tert-OH is 5. The molecule has 1 fully saturated rings. The summed E-state index contributed by atoms with van der Waals surface area (Å²) < 4.78 is 22.1. The Balaban J connectivity index is 1.67. The molecule has 2 aliphatic heterocycles. The van der Waals surface area contributed by atoms with Crippen LogP contribution in [0.2, 0.25) is 0 Å². The number of esters is 2. The Kier molecular flexibility index (Phi) is 6.49. The van der Waals surface area contributed by atoms with Crippen molar-refractivity contribution in [2.45, 2.75) is 61.9 Å². The maximum atomic E-state index is 12.4. The van der Waals surface area contributed by atoms with Crippen LogP contribution < -0.4 is 0 Å². The van der Waals surface area contributed by atoms with Crippen molar-refractivity contribution in [2.75, 3.05) is 13.7 Å². The Labute approximate surface area is 189 Å². The highest BCUT2D eigenvalue weighted by atomic mass is 16.7. The normalized spacial score (nSPS) is 43.1. The number of fused-ring (bicyclic) bond motifs is 2. The third-order valence-corrected chi connectivity index (χ3v) is 6.72. The summed E-state index contributed by atoms with van der Waals surface area (Å²) in [7, 11) is 1.25. The molecule has 0 aromatic carbocycles. The Morgan fingerprint density at radius 1 is 1.27 bits per heavy atom. The first-order valence-electron chi connectivity index (χ1n) is 10.7. The van der Waals surface area contributed by atoms with E-state index in [4.69, 9.17) is 18.9 Å². The van der Waals surface area contributed by atoms with E-state index in [0.29, 0.717) is 5.57 Å². The summed E-state index contributed by atoms with van der Waals surface area (Å²) in [5, 5.41) is 50.0. The molecule has 1 saturated heterocycles. The molecule has 33 heavy (non-hydrogen) atoms. The van der Waals surface area contributed by atoms with Gasteiger partial charge in [0.2, 0.25) is 0 Å². The second kappa shape index (κ2) is 8.91. The Hall–Kier alpha value is -2.12. The molecule has 2 aliphatic carbocycles. The average molecular weight is 468 g/mol. The van der Waals surface area contributed by atoms with Crippen LogP contribution >= 0.6 is 0 Å². The monoisotopic (exact) mass is 468 g/mol. The van der Waals surface area contributed by atoms with Gasteiger partial charge in [-0.3, -0.25) is 0 Å². The van der Waals surface area contributed by atoms with E-state index in [1.54, 1.807) is 18.2 Å². The standard InChI is InChI=1S/C22H28O11/c1-9(24)12-7-22(33-20(12)29)6-5-10-11(19(28)30-2)3-4-13(15(10)22)31-21-18(27)17(26)16(25)14(8-23)32-21/h3,5-7,9-10,13-18,21,23-27H,4,8H2,1-2H3/t9-,10+,13+,14+,15+,16+,17-,18+,21+,22+/m0/s1. The van der Waals surface area contributed by atoms with Crippen molar-refractivity contribution in [3.8, 4) is 0 Å². The lowest BCUT2D eigenvalue weighted by Crippen LogP contribution is -2.60. The number of ether oxygens (including phenoxy) is 4. The van der Waals surface area contributed by atoms with Gasteiger partial charge in [-0.05, 0) is 25.5 Å². The van der Waals surface area contributed by atoms with Gasteiger partial charge in [0, 0.05) is 17.4 Å². The molecule has 11 heteroatoms. The second-order valence-electron chi connectivity index (χ2n) is 8.69. The lowest BCUT2D eigenvalue weighted by atomic mass is 9.72. The fraction of sp³-hybridized carbons (Fsp3) is 0.636. The first-order valence-corrected chi connectivity index (χ1v) is 10.7. The van der Waals surface area contributed by atoms with Crippen molar-refractivity contribution in [1.82, 2.24) is 0 Å². The summed E-state index contributed by atoms with van der Waals surface area (Å²) >= 11 is 0. The number of aliphatic hydroxyl groups is 5. The van der Waals surface area contributed by atoms with Crippen LogP contribution in [0.3, 0.4) is 0 Å². The maximum Gasteiger partial charge on any atom is 0.337 e. The van der Waals surface area contributed by atoms with Crippen LogP contribution in [0.15, 0.2) is 35.5 Å². The average Bonchev–Trinajstić information content (AvgIpc) is 3.34. The number of carbonyl (C=O) groups is 2. The highest BCUT2D eigenvalue weighted by Crippen LogP contribution is 2.51. The highest BCUT2D eigenvalue weighted by Gasteiger charge is 2.58. The molecule has 1 spiro atoms. The zero-order valence-corrected chi connectivity index (χ0v) is 18.1. The summed E-state index contributed by atoms with van der Waals surface area (Å²) in [4.78, 5) is 24.8. The summed E-state index contributed by atoms with van der Waals surface area (Å²) in [6, 6.07) is 0. The third-order valence-electron chi connectivity index (χ3n) is 6.72. The van der Waals surface area contributed by atoms with E-state index in [2.05, 4.69) is 0 Å². The van der Waals surface area contributed by atoms with Crippen molar-refractivity contribution in [3.63, 3.8) is 0 Å². The van der Waals surface area contributed by atoms with E-state index < -0.39 is 78.9 Å². The maximum absolute atomic E-state index is 12.4. The molecule has 0 bridgehead atoms. The minimum atomic E-state index is -1.62. The SMILES string of the molecule is COC(=O)C1=CC[C@@H](O[C@@H]2O[C@H](CO)[C@@H](O)[C@H](O)[C@H]2O)[C@H]2[C@@H]1C=C[C@@]21C=C([C@H](C)O)C(=O)O1. The molecule has 4 aliphatic rings. The van der Waals surface area contributed by atoms with Crippen molar-refractivity contribution in [1.29, 1.82) is 0 Å². The Morgan fingerprint density at radius 3 is 2.61 bits per heavy atom. The molecule has 0 aromatic heterocycles. The fourth-order valence-electron chi connectivity index (χ4n) is 5.03. The van der Waals surface area contributed by atoms with Crippen LogP contribution in [0.4, 0.5) is 0 Å². The molecule has 0 aromatic rings. The zero-order chi connectivity index (χ0) is 24.1. The third kappa shape index (κ3) is 3.93. The lowest BCUT2D eigenvalue weighted by Gasteiger charge is -2.45. The van der Waals surface area contributed by atoms with Gasteiger partial charge in [0.25, 0.3) is 0 Å². The van der Waals surface area contributed by atoms with Crippen LogP contribution in [-0.2, 0) is 28.5 Å². The van der Waals surface area contributed by atoms with E-state index in [1.165, 1.54) is 20.1 Å². The summed E-state index contributed by atoms with van der Waals surface area (Å²) in [5.74, 6) is -2.50. The van der Waals surface area contributed by atoms with Gasteiger partial charge in [-0.15, -0.1) is 0 Å². The van der Waals surface area contributed by atoms with Crippen molar-refractivity contribution in [2.24, 2.45) is 11.8 Å². The minimum absolute atomic E-state index is 0.0704. The van der Waals surface area contributed by atoms with Crippen LogP contribution in [0, 0.1) is 11.8 Å². The fourth-order valence-corrected chi connectivity index (χ4v) is 5.03. The first kappa shape index (κ1) is 24.0. The van der Waals surface area contributed by atoms with Gasteiger partial charge >= 0.3 is 11.9 Å². The highest BCUT2D eigenvalue weighted by molar-refractivity contribution is 5.94. The summed E-state index contributed by atoms with van der Waals surface area (Å²) in [6.45, 7) is 0.822. The van der Waals surface area contributed by atoms with E-state index in [0.717, 1.165) is 0 Å². The number of carbonyl (C=O) groups excluding carboxylic acids is 2. The van der Waals surface area contributed by atoms with Gasteiger partial charge in [-0.25, -0.2) is 9.59 Å². The molecular formula is C22H28O11. The molecule has 0 unspecified atom stereocenters. The van der Waals surface area contributed by atoms with Gasteiger partial charge in [-0.2, -0.15) is 0 Å². The Morgan fingerprint density at radius 2 is 2.00 bits per heavy atom. The number of allylic oxidation sites excluding steroid dienone is 1. The van der Waals surface area contributed by atoms with Gasteiger partial charge in [0.05, 0.1) is 31.5 Å². The van der Waals surface area contributed by atoms with E-state index in [-0.39, 0.29) is 12.0 Å². The lowest BCUT2D eigenvalue weighted by molar-refractivity contribution is -0.317. The van der Waals surface area contributed by atoms with Gasteiger partial charge in [-0.1, -0.05) is 12.2 Å². The zero-order valence-electron chi connectivity index (χ0n) is 18.1. The van der Waals surface area contributed by atoms with Gasteiger partial charge in [0.1, 0.15) is 24.4 Å². The predicted molar refractivity (Wildman–Crippen MR) is 108 cm³/mol. The Bertz CT molecular complexity index is 891. The van der Waals surface area contributed by atoms with Crippen LogP contribution in [0.1, 0.15) is 13.3 Å². The molecule has 2 heterocycles. The second-order valence-corrected chi connectivity index (χ2v) is 8.69. The number of hydrogen-bond acceptors (Lipinski definition) is 11. The molecule has 4 rings (SSSR count). The quantitative estimate of drug-likeness (QED) is 0.225. The molecule has 11 nitrogen and oxygen atoms in total. The van der Waals surface area contributed by atoms with Crippen LogP contribution in [0.25, 0.3) is 0 Å². The smallest absolute Gasteiger partial charge is 0.337 e. The number of methoxy groups -OCH3 is 1. The molecule has 0 amide bonds. The predicted octanol–water partition coefficient (Wildman–Crippen LogP) is -1.92. The summed E-state index contributed by atoms with van der Waals surface area (Å²) in [5.41, 5.74) is -0.902. The number of rotatable bonds is 5. The topological polar surface area (TPSA) is 172 Å². The molecular weight excluding hydrogens is 440 g/mol. The first-order chi connectivity index (χ1) is 15.6. The largest absolute Gasteiger partial charge is 0.466 e. The van der Waals surface area contributed by atoms with Crippen molar-refractivity contribution in [3.05, 3.63) is 35.5 Å². The minimum Gasteiger partial charge on any atom is -0.466 e. The van der Waals surface area contributed by atoms with E-state index in [9.17, 15) is 35.1 Å². The van der Waals surface area contributed by atoms with Crippen molar-refractivity contribution >= 4 is 11.9 Å². The van der Waals surface area contributed by atoms with Crippen LogP contribution in [0.5, 0.6) is 0 Å². The molecule has 182 valence electrons. The van der Waals surface area contributed by atoms with E-state index in [1.807, 2.05) is 0 Å². The van der Waals surface area contributed by atoms with E-state index >= 15 is 0 Å². The van der Waals surface area contributed by atoms with Crippen LogP contribution in [-0.4, -0.2) is 99.7 Å². The van der Waals surface area contributed by atoms with Crippen molar-refractivity contribution < 1.29 is 54.1 Å². The molecule has 0 saturated carbocycles. The molecule has 10 atom stereocenters.